The van der Waals surface area contributed by atoms with Crippen LogP contribution in [-0.2, 0) is 32.5 Å². The van der Waals surface area contributed by atoms with Crippen LogP contribution in [0, 0.1) is 0 Å². The number of hydrogen-bond acceptors (Lipinski definition) is 5. The van der Waals surface area contributed by atoms with E-state index in [2.05, 4.69) is 70.3 Å². The quantitative estimate of drug-likeness (QED) is 0.514. The Hall–Kier alpha value is -3.32. The lowest BCUT2D eigenvalue weighted by Crippen LogP contribution is -2.32. The number of amides is 1. The molecule has 1 amide bonds. The fraction of sp³-hybridized carbons (Fsp3) is 0.429. The van der Waals surface area contributed by atoms with E-state index in [4.69, 9.17) is 9.84 Å². The van der Waals surface area contributed by atoms with E-state index in [0.29, 0.717) is 11.7 Å². The van der Waals surface area contributed by atoms with E-state index in [1.54, 1.807) is 7.11 Å². The highest BCUT2D eigenvalue weighted by molar-refractivity contribution is 5.94. The molecule has 35 heavy (non-hydrogen) atoms. The van der Waals surface area contributed by atoms with Crippen LogP contribution in [-0.4, -0.2) is 54.4 Å². The lowest BCUT2D eigenvalue weighted by molar-refractivity contribution is 0.0943. The number of carbonyl (C=O) groups is 1. The molecule has 0 saturated heterocycles. The molecule has 1 aromatic heterocycles. The van der Waals surface area contributed by atoms with Gasteiger partial charge in [-0.25, -0.2) is 0 Å². The van der Waals surface area contributed by atoms with Gasteiger partial charge in [-0.3, -0.25) is 14.4 Å². The van der Waals surface area contributed by atoms with Crippen LogP contribution in [0.25, 0.3) is 0 Å². The van der Waals surface area contributed by atoms with Crippen LogP contribution in [0.2, 0.25) is 0 Å². The number of anilines is 1. The summed E-state index contributed by atoms with van der Waals surface area (Å²) in [4.78, 5) is 17.6. The van der Waals surface area contributed by atoms with Crippen molar-refractivity contribution >= 4 is 11.6 Å². The van der Waals surface area contributed by atoms with Crippen LogP contribution in [0.1, 0.15) is 45.7 Å². The number of benzene rings is 2. The molecule has 0 radical (unpaired) electrons. The Morgan fingerprint density at radius 3 is 2.46 bits per heavy atom. The van der Waals surface area contributed by atoms with E-state index in [0.717, 1.165) is 63.2 Å². The predicted molar refractivity (Wildman–Crippen MR) is 138 cm³/mol. The SMILES string of the molecule is COc1ccc(CCn2nc(C(=O)NC3CC3)c3c2CCN(Cc2ccc(N(C)C)cc2)C3)cc1. The molecule has 1 aliphatic heterocycles. The maximum Gasteiger partial charge on any atom is 0.272 e. The molecule has 1 fully saturated rings. The van der Waals surface area contributed by atoms with Gasteiger partial charge in [0.15, 0.2) is 5.69 Å². The number of nitrogens with zero attached hydrogens (tertiary/aromatic N) is 4. The zero-order valence-electron chi connectivity index (χ0n) is 21.0. The second-order valence-corrected chi connectivity index (χ2v) is 9.86. The molecule has 7 nitrogen and oxygen atoms in total. The van der Waals surface area contributed by atoms with Crippen LogP contribution >= 0.6 is 0 Å². The van der Waals surface area contributed by atoms with Crippen molar-refractivity contribution in [2.45, 2.75) is 51.4 Å². The minimum atomic E-state index is -0.0240. The Morgan fingerprint density at radius 2 is 1.80 bits per heavy atom. The van der Waals surface area contributed by atoms with E-state index < -0.39 is 0 Å². The largest absolute Gasteiger partial charge is 0.497 e. The Bertz CT molecular complexity index is 1160. The average Bonchev–Trinajstić information content (AvgIpc) is 3.61. The molecule has 0 unspecified atom stereocenters. The second kappa shape index (κ2) is 10.1. The second-order valence-electron chi connectivity index (χ2n) is 9.86. The van der Waals surface area contributed by atoms with Crippen molar-refractivity contribution in [2.75, 3.05) is 32.6 Å². The van der Waals surface area contributed by atoms with E-state index >= 15 is 0 Å². The Balaban J connectivity index is 1.33. The molecule has 7 heteroatoms. The molecule has 1 aliphatic carbocycles. The maximum absolute atomic E-state index is 13.1. The molecule has 2 aromatic carbocycles. The van der Waals surface area contributed by atoms with Gasteiger partial charge in [0.05, 0.1) is 7.11 Å². The third-order valence-electron chi connectivity index (χ3n) is 6.97. The van der Waals surface area contributed by atoms with Gasteiger partial charge in [-0.15, -0.1) is 0 Å². The molecule has 1 saturated carbocycles. The molecule has 184 valence electrons. The molecule has 2 aliphatic rings. The van der Waals surface area contributed by atoms with Gasteiger partial charge in [-0.05, 0) is 54.7 Å². The number of methoxy groups -OCH3 is 1. The summed E-state index contributed by atoms with van der Waals surface area (Å²) in [6.07, 6.45) is 3.91. The van der Waals surface area contributed by atoms with E-state index in [9.17, 15) is 4.79 Å². The zero-order chi connectivity index (χ0) is 24.4. The fourth-order valence-electron chi connectivity index (χ4n) is 4.72. The van der Waals surface area contributed by atoms with Crippen molar-refractivity contribution < 1.29 is 9.53 Å². The number of nitrogens with one attached hydrogen (secondary N) is 1. The molecule has 5 rings (SSSR count). The smallest absolute Gasteiger partial charge is 0.272 e. The minimum Gasteiger partial charge on any atom is -0.497 e. The number of carbonyl (C=O) groups excluding carboxylic acids is 1. The summed E-state index contributed by atoms with van der Waals surface area (Å²) in [6, 6.07) is 17.2. The number of ether oxygens (including phenoxy) is 1. The van der Waals surface area contributed by atoms with Crippen LogP contribution in [0.5, 0.6) is 5.75 Å². The number of aryl methyl sites for hydroxylation is 2. The predicted octanol–water partition coefficient (Wildman–Crippen LogP) is 3.65. The molecule has 1 N–H and O–H groups in total. The summed E-state index contributed by atoms with van der Waals surface area (Å²) in [5.41, 5.74) is 6.63. The van der Waals surface area contributed by atoms with Gasteiger partial charge in [0.2, 0.25) is 0 Å². The fourth-order valence-corrected chi connectivity index (χ4v) is 4.72. The lowest BCUT2D eigenvalue weighted by atomic mass is 10.0. The van der Waals surface area contributed by atoms with Gasteiger partial charge in [-0.1, -0.05) is 24.3 Å². The van der Waals surface area contributed by atoms with Crippen LogP contribution in [0.3, 0.4) is 0 Å². The van der Waals surface area contributed by atoms with Crippen molar-refractivity contribution in [1.82, 2.24) is 20.0 Å². The minimum absolute atomic E-state index is 0.0240. The van der Waals surface area contributed by atoms with Crippen molar-refractivity contribution in [3.05, 3.63) is 76.6 Å². The van der Waals surface area contributed by atoms with E-state index in [1.807, 2.05) is 12.1 Å². The summed E-state index contributed by atoms with van der Waals surface area (Å²) in [6.45, 7) is 3.34. The number of aromatic nitrogens is 2. The first-order valence-corrected chi connectivity index (χ1v) is 12.5. The Labute approximate surface area is 207 Å². The summed E-state index contributed by atoms with van der Waals surface area (Å²) in [5, 5.41) is 7.99. The zero-order valence-corrected chi connectivity index (χ0v) is 21.0. The third-order valence-corrected chi connectivity index (χ3v) is 6.97. The summed E-state index contributed by atoms with van der Waals surface area (Å²) in [5.74, 6) is 0.838. The Kier molecular flexibility index (Phi) is 6.77. The van der Waals surface area contributed by atoms with Crippen molar-refractivity contribution in [1.29, 1.82) is 0 Å². The summed E-state index contributed by atoms with van der Waals surface area (Å²) in [7, 11) is 5.80. The van der Waals surface area contributed by atoms with Gasteiger partial charge in [0, 0.05) is 69.7 Å². The molecule has 0 bridgehead atoms. The number of rotatable bonds is 9. The first-order valence-electron chi connectivity index (χ1n) is 12.5. The number of hydrogen-bond donors (Lipinski definition) is 1. The summed E-state index contributed by atoms with van der Waals surface area (Å²) < 4.78 is 7.35. The topological polar surface area (TPSA) is 62.6 Å². The molecule has 0 spiro atoms. The van der Waals surface area contributed by atoms with Gasteiger partial charge in [-0.2, -0.15) is 5.10 Å². The molecule has 2 heterocycles. The van der Waals surface area contributed by atoms with Crippen LogP contribution in [0.4, 0.5) is 5.69 Å². The highest BCUT2D eigenvalue weighted by atomic mass is 16.5. The van der Waals surface area contributed by atoms with Crippen molar-refractivity contribution in [2.24, 2.45) is 0 Å². The first-order chi connectivity index (χ1) is 17.0. The molecule has 0 atom stereocenters. The molecular formula is C28H35N5O2. The third kappa shape index (κ3) is 5.51. The van der Waals surface area contributed by atoms with Crippen LogP contribution in [0.15, 0.2) is 48.5 Å². The normalized spacial score (nSPS) is 15.5. The van der Waals surface area contributed by atoms with Crippen molar-refractivity contribution in [3.63, 3.8) is 0 Å². The van der Waals surface area contributed by atoms with Crippen molar-refractivity contribution in [3.8, 4) is 5.75 Å². The van der Waals surface area contributed by atoms with Gasteiger partial charge in [0.1, 0.15) is 5.75 Å². The Morgan fingerprint density at radius 1 is 1.09 bits per heavy atom. The highest BCUT2D eigenvalue weighted by Gasteiger charge is 2.31. The number of fused-ring (bicyclic) bond motifs is 1. The molecular weight excluding hydrogens is 438 g/mol. The first kappa shape index (κ1) is 23.4. The maximum atomic E-state index is 13.1. The van der Waals surface area contributed by atoms with Gasteiger partial charge < -0.3 is 15.0 Å². The standard InChI is InChI=1S/C28H35N5O2/c1-31(2)23-10-4-21(5-11-23)18-32-16-15-26-25(19-32)27(28(34)29-22-8-9-22)30-33(26)17-14-20-6-12-24(35-3)13-7-20/h4-7,10-13,22H,8-9,14-19H2,1-3H3,(H,29,34). The highest BCUT2D eigenvalue weighted by Crippen LogP contribution is 2.27. The van der Waals surface area contributed by atoms with Gasteiger partial charge in [0.25, 0.3) is 5.91 Å². The monoisotopic (exact) mass is 473 g/mol. The molecule has 3 aromatic rings. The van der Waals surface area contributed by atoms with Gasteiger partial charge >= 0.3 is 0 Å². The summed E-state index contributed by atoms with van der Waals surface area (Å²) >= 11 is 0. The lowest BCUT2D eigenvalue weighted by Gasteiger charge is -2.28. The van der Waals surface area contributed by atoms with E-state index in [-0.39, 0.29) is 5.91 Å². The van der Waals surface area contributed by atoms with E-state index in [1.165, 1.54) is 22.5 Å². The average molecular weight is 474 g/mol. The van der Waals surface area contributed by atoms with Crippen LogP contribution < -0.4 is 15.0 Å².